The fourth-order valence-corrected chi connectivity index (χ4v) is 2.34. The molecular weight excluding hydrogens is 280 g/mol. The molecule has 1 atom stereocenters. The van der Waals surface area contributed by atoms with Crippen molar-refractivity contribution < 1.29 is 14.7 Å². The second-order valence-corrected chi connectivity index (χ2v) is 5.05. The van der Waals surface area contributed by atoms with Crippen LogP contribution in [0.2, 0.25) is 0 Å². The van der Waals surface area contributed by atoms with E-state index in [-0.39, 0.29) is 12.1 Å². The monoisotopic (exact) mass is 298 g/mol. The van der Waals surface area contributed by atoms with Gasteiger partial charge in [0.05, 0.1) is 0 Å². The van der Waals surface area contributed by atoms with Crippen molar-refractivity contribution >= 4 is 11.9 Å². The van der Waals surface area contributed by atoms with Crippen molar-refractivity contribution in [2.45, 2.75) is 25.8 Å². The predicted molar refractivity (Wildman–Crippen MR) is 82.5 cm³/mol. The van der Waals surface area contributed by atoms with Crippen LogP contribution < -0.4 is 5.32 Å². The minimum atomic E-state index is -1.47. The molecule has 5 heteroatoms. The van der Waals surface area contributed by atoms with E-state index in [9.17, 15) is 14.7 Å². The lowest BCUT2D eigenvalue weighted by Crippen LogP contribution is -2.51. The zero-order chi connectivity index (χ0) is 16.2. The van der Waals surface area contributed by atoms with Gasteiger partial charge in [-0.1, -0.05) is 43.3 Å². The number of pyridine rings is 1. The number of aliphatic carboxylic acids is 1. The molecule has 0 aliphatic rings. The second-order valence-electron chi connectivity index (χ2n) is 5.05. The number of hydrogen-bond acceptors (Lipinski definition) is 3. The maximum Gasteiger partial charge on any atom is 0.334 e. The number of aromatic nitrogens is 1. The van der Waals surface area contributed by atoms with Crippen LogP contribution in [0.5, 0.6) is 0 Å². The Hall–Kier alpha value is -2.69. The molecule has 0 spiro atoms. The molecule has 0 aliphatic heterocycles. The molecule has 0 saturated carbocycles. The van der Waals surface area contributed by atoms with Crippen molar-refractivity contribution in [3.05, 3.63) is 65.5 Å². The summed E-state index contributed by atoms with van der Waals surface area (Å²) in [5, 5.41) is 12.3. The first-order valence-electron chi connectivity index (χ1n) is 7.04. The SMILES string of the molecule is CCC(NC(=O)c1cccc(C)n1)(C(=O)O)c1ccccc1. The van der Waals surface area contributed by atoms with Gasteiger partial charge in [-0.3, -0.25) is 4.79 Å². The Labute approximate surface area is 129 Å². The van der Waals surface area contributed by atoms with Crippen molar-refractivity contribution in [3.63, 3.8) is 0 Å². The summed E-state index contributed by atoms with van der Waals surface area (Å²) in [5.74, 6) is -1.60. The summed E-state index contributed by atoms with van der Waals surface area (Å²) in [6.45, 7) is 3.50. The third kappa shape index (κ3) is 2.98. The maximum absolute atomic E-state index is 12.4. The number of rotatable bonds is 5. The quantitative estimate of drug-likeness (QED) is 0.889. The molecule has 1 heterocycles. The number of nitrogens with one attached hydrogen (secondary N) is 1. The van der Waals surface area contributed by atoms with Crippen molar-refractivity contribution in [2.75, 3.05) is 0 Å². The number of hydrogen-bond donors (Lipinski definition) is 2. The molecule has 0 fully saturated rings. The second kappa shape index (κ2) is 6.39. The van der Waals surface area contributed by atoms with Gasteiger partial charge < -0.3 is 10.4 Å². The van der Waals surface area contributed by atoms with Crippen LogP contribution in [-0.4, -0.2) is 22.0 Å². The molecule has 1 aromatic carbocycles. The maximum atomic E-state index is 12.4. The topological polar surface area (TPSA) is 79.3 Å². The molecule has 114 valence electrons. The van der Waals surface area contributed by atoms with Crippen LogP contribution >= 0.6 is 0 Å². The van der Waals surface area contributed by atoms with Crippen LogP contribution in [0.15, 0.2) is 48.5 Å². The summed E-state index contributed by atoms with van der Waals surface area (Å²) >= 11 is 0. The third-order valence-electron chi connectivity index (χ3n) is 3.61. The van der Waals surface area contributed by atoms with Crippen LogP contribution in [0.4, 0.5) is 0 Å². The fourth-order valence-electron chi connectivity index (χ4n) is 2.34. The predicted octanol–water partition coefficient (Wildman–Crippen LogP) is 2.51. The molecule has 5 nitrogen and oxygen atoms in total. The molecule has 2 N–H and O–H groups in total. The normalized spacial score (nSPS) is 13.2. The minimum Gasteiger partial charge on any atom is -0.479 e. The van der Waals surface area contributed by atoms with E-state index in [1.54, 1.807) is 62.4 Å². The molecule has 2 rings (SSSR count). The van der Waals surface area contributed by atoms with E-state index >= 15 is 0 Å². The van der Waals surface area contributed by atoms with Crippen molar-refractivity contribution in [1.82, 2.24) is 10.3 Å². The number of carboxylic acid groups (broad SMARTS) is 1. The highest BCUT2D eigenvalue weighted by Gasteiger charge is 2.40. The van der Waals surface area contributed by atoms with Crippen molar-refractivity contribution in [1.29, 1.82) is 0 Å². The van der Waals surface area contributed by atoms with Crippen molar-refractivity contribution in [3.8, 4) is 0 Å². The molecule has 1 amide bonds. The van der Waals surface area contributed by atoms with Crippen LogP contribution in [0, 0.1) is 6.92 Å². The van der Waals surface area contributed by atoms with E-state index in [1.165, 1.54) is 0 Å². The lowest BCUT2D eigenvalue weighted by molar-refractivity contribution is -0.145. The smallest absolute Gasteiger partial charge is 0.334 e. The van der Waals surface area contributed by atoms with Crippen molar-refractivity contribution in [2.24, 2.45) is 0 Å². The highest BCUT2D eigenvalue weighted by molar-refractivity contribution is 5.96. The van der Waals surface area contributed by atoms with Gasteiger partial charge >= 0.3 is 5.97 Å². The zero-order valence-electron chi connectivity index (χ0n) is 12.5. The summed E-state index contributed by atoms with van der Waals surface area (Å²) < 4.78 is 0. The highest BCUT2D eigenvalue weighted by atomic mass is 16.4. The van der Waals surface area contributed by atoms with Gasteiger partial charge in [-0.25, -0.2) is 9.78 Å². The first-order valence-corrected chi connectivity index (χ1v) is 7.04. The van der Waals surface area contributed by atoms with Gasteiger partial charge in [0.1, 0.15) is 5.69 Å². The largest absolute Gasteiger partial charge is 0.479 e. The number of benzene rings is 1. The van der Waals surface area contributed by atoms with E-state index in [0.717, 1.165) is 0 Å². The van der Waals surface area contributed by atoms with E-state index in [2.05, 4.69) is 10.3 Å². The number of carbonyl (C=O) groups excluding carboxylic acids is 1. The number of amides is 1. The molecule has 0 bridgehead atoms. The third-order valence-corrected chi connectivity index (χ3v) is 3.61. The molecule has 1 unspecified atom stereocenters. The Morgan fingerprint density at radius 1 is 1.14 bits per heavy atom. The lowest BCUT2D eigenvalue weighted by Gasteiger charge is -2.29. The Morgan fingerprint density at radius 3 is 2.36 bits per heavy atom. The van der Waals surface area contributed by atoms with E-state index in [4.69, 9.17) is 0 Å². The molecule has 0 radical (unpaired) electrons. The number of carbonyl (C=O) groups is 2. The Kier molecular flexibility index (Phi) is 4.56. The Balaban J connectivity index is 2.40. The van der Waals surface area contributed by atoms with Gasteiger partial charge in [0, 0.05) is 5.69 Å². The average Bonchev–Trinajstić information content (AvgIpc) is 2.53. The molecule has 0 aliphatic carbocycles. The number of aryl methyl sites for hydroxylation is 1. The van der Waals surface area contributed by atoms with Gasteiger partial charge in [0.25, 0.3) is 5.91 Å². The molecule has 1 aromatic heterocycles. The van der Waals surface area contributed by atoms with E-state index in [1.807, 2.05) is 0 Å². The average molecular weight is 298 g/mol. The summed E-state index contributed by atoms with van der Waals surface area (Å²) in [7, 11) is 0. The molecule has 22 heavy (non-hydrogen) atoms. The van der Waals surface area contributed by atoms with Crippen LogP contribution in [0.25, 0.3) is 0 Å². The van der Waals surface area contributed by atoms with Gasteiger partial charge in [-0.05, 0) is 31.0 Å². The first kappa shape index (κ1) is 15.7. The minimum absolute atomic E-state index is 0.204. The number of nitrogens with zero attached hydrogens (tertiary/aromatic N) is 1. The summed E-state index contributed by atoms with van der Waals surface area (Å²) in [6.07, 6.45) is 0.226. The highest BCUT2D eigenvalue weighted by Crippen LogP contribution is 2.26. The Bertz CT molecular complexity index is 685. The van der Waals surface area contributed by atoms with Gasteiger partial charge in [-0.2, -0.15) is 0 Å². The summed E-state index contributed by atoms with van der Waals surface area (Å²) in [6, 6.07) is 13.8. The first-order chi connectivity index (χ1) is 10.5. The summed E-state index contributed by atoms with van der Waals surface area (Å²) in [4.78, 5) is 28.4. The summed E-state index contributed by atoms with van der Waals surface area (Å²) in [5.41, 5.74) is -0.0326. The molecule has 2 aromatic rings. The van der Waals surface area contributed by atoms with Gasteiger partial charge in [-0.15, -0.1) is 0 Å². The van der Waals surface area contributed by atoms with E-state index < -0.39 is 17.4 Å². The van der Waals surface area contributed by atoms with Gasteiger partial charge in [0.15, 0.2) is 5.54 Å². The van der Waals surface area contributed by atoms with Crippen LogP contribution in [0.1, 0.15) is 35.1 Å². The lowest BCUT2D eigenvalue weighted by atomic mass is 9.87. The molecule has 0 saturated heterocycles. The van der Waals surface area contributed by atoms with Crippen LogP contribution in [0.3, 0.4) is 0 Å². The zero-order valence-corrected chi connectivity index (χ0v) is 12.5. The van der Waals surface area contributed by atoms with E-state index in [0.29, 0.717) is 11.3 Å². The standard InChI is InChI=1S/C17H18N2O3/c1-3-17(16(21)22,13-9-5-4-6-10-13)19-15(20)14-11-7-8-12(2)18-14/h4-11H,3H2,1-2H3,(H,19,20)(H,21,22). The van der Waals surface area contributed by atoms with Crippen LogP contribution in [-0.2, 0) is 10.3 Å². The fraction of sp³-hybridized carbons (Fsp3) is 0.235. The van der Waals surface area contributed by atoms with Gasteiger partial charge in [0.2, 0.25) is 0 Å². The molecular formula is C17H18N2O3. The Morgan fingerprint density at radius 2 is 1.82 bits per heavy atom. The number of carboxylic acids is 1.